The van der Waals surface area contributed by atoms with E-state index in [1.807, 2.05) is 4.72 Å². The van der Waals surface area contributed by atoms with Crippen LogP contribution in [0.5, 0.6) is 5.75 Å². The van der Waals surface area contributed by atoms with Gasteiger partial charge in [0, 0.05) is 13.0 Å². The van der Waals surface area contributed by atoms with E-state index in [4.69, 9.17) is 27.9 Å². The molecule has 1 saturated carbocycles. The Hall–Kier alpha value is -2.30. The van der Waals surface area contributed by atoms with Gasteiger partial charge in [0.2, 0.25) is 11.2 Å². The molecule has 0 saturated heterocycles. The zero-order chi connectivity index (χ0) is 19.6. The van der Waals surface area contributed by atoms with E-state index in [0.717, 1.165) is 24.2 Å². The van der Waals surface area contributed by atoms with Gasteiger partial charge in [-0.15, -0.1) is 5.10 Å². The van der Waals surface area contributed by atoms with Crippen LogP contribution in [0.25, 0.3) is 0 Å². The number of nitrogens with one attached hydrogen (secondary N) is 2. The number of ether oxygens (including phenoxy) is 1. The second kappa shape index (κ2) is 7.75. The van der Waals surface area contributed by atoms with E-state index >= 15 is 0 Å². The minimum atomic E-state index is -4.25. The first-order valence-electron chi connectivity index (χ1n) is 7.77. The predicted octanol–water partition coefficient (Wildman–Crippen LogP) is 2.86. The van der Waals surface area contributed by atoms with Crippen molar-refractivity contribution in [1.82, 2.24) is 19.5 Å². The maximum absolute atomic E-state index is 12.5. The SMILES string of the molecule is Cn1nc(NC(=O)NS(=O)(=O)c2ccccc2OC(Cl)=CCl)nc1C1CC1. The van der Waals surface area contributed by atoms with E-state index in [0.29, 0.717) is 5.92 Å². The van der Waals surface area contributed by atoms with E-state index in [1.165, 1.54) is 18.2 Å². The molecule has 1 aromatic carbocycles. The van der Waals surface area contributed by atoms with E-state index in [1.54, 1.807) is 17.8 Å². The van der Waals surface area contributed by atoms with Crippen LogP contribution in [0.15, 0.2) is 39.9 Å². The smallest absolute Gasteiger partial charge is 0.335 e. The summed E-state index contributed by atoms with van der Waals surface area (Å²) in [6.07, 6.45) is 2.03. The summed E-state index contributed by atoms with van der Waals surface area (Å²) in [7, 11) is -2.54. The number of rotatable bonds is 6. The predicted molar refractivity (Wildman–Crippen MR) is 99.2 cm³/mol. The van der Waals surface area contributed by atoms with E-state index in [9.17, 15) is 13.2 Å². The summed E-state index contributed by atoms with van der Waals surface area (Å²) in [5.41, 5.74) is 0.940. The van der Waals surface area contributed by atoms with Crippen molar-refractivity contribution in [3.63, 3.8) is 0 Å². The highest BCUT2D eigenvalue weighted by atomic mass is 35.5. The van der Waals surface area contributed by atoms with Crippen LogP contribution in [0.3, 0.4) is 0 Å². The molecule has 1 aliphatic rings. The molecule has 2 aromatic rings. The van der Waals surface area contributed by atoms with Gasteiger partial charge in [0.25, 0.3) is 10.0 Å². The number of halogens is 2. The Morgan fingerprint density at radius 1 is 1.37 bits per heavy atom. The summed E-state index contributed by atoms with van der Waals surface area (Å²) >= 11 is 11.1. The molecule has 144 valence electrons. The molecule has 0 aliphatic heterocycles. The van der Waals surface area contributed by atoms with Gasteiger partial charge in [0.1, 0.15) is 16.5 Å². The van der Waals surface area contributed by atoms with Crippen LogP contribution >= 0.6 is 23.2 Å². The number of sulfonamides is 1. The third kappa shape index (κ3) is 4.71. The second-order valence-electron chi connectivity index (χ2n) is 5.71. The van der Waals surface area contributed by atoms with Crippen molar-refractivity contribution in [2.45, 2.75) is 23.7 Å². The number of benzene rings is 1. The molecule has 0 spiro atoms. The van der Waals surface area contributed by atoms with Crippen LogP contribution in [-0.2, 0) is 17.1 Å². The quantitative estimate of drug-likeness (QED) is 0.679. The molecular weight excluding hydrogens is 417 g/mol. The van der Waals surface area contributed by atoms with Crippen molar-refractivity contribution in [2.24, 2.45) is 7.05 Å². The lowest BCUT2D eigenvalue weighted by Crippen LogP contribution is -2.34. The average molecular weight is 432 g/mol. The van der Waals surface area contributed by atoms with Gasteiger partial charge in [-0.3, -0.25) is 10.00 Å². The maximum atomic E-state index is 12.5. The third-order valence-electron chi connectivity index (χ3n) is 3.62. The molecule has 9 nitrogen and oxygen atoms in total. The van der Waals surface area contributed by atoms with Gasteiger partial charge in [-0.1, -0.05) is 23.7 Å². The lowest BCUT2D eigenvalue weighted by Gasteiger charge is -2.11. The van der Waals surface area contributed by atoms with Crippen molar-refractivity contribution >= 4 is 45.2 Å². The summed E-state index contributed by atoms with van der Waals surface area (Å²) in [6, 6.07) is 4.64. The fourth-order valence-corrected chi connectivity index (χ4v) is 3.50. The Morgan fingerprint density at radius 2 is 2.07 bits per heavy atom. The van der Waals surface area contributed by atoms with Gasteiger partial charge >= 0.3 is 6.03 Å². The minimum Gasteiger partial charge on any atom is -0.443 e. The fraction of sp³-hybridized carbons (Fsp3) is 0.267. The molecule has 3 rings (SSSR count). The minimum absolute atomic E-state index is 0.0183. The number of aromatic nitrogens is 3. The molecule has 1 aliphatic carbocycles. The Labute approximate surface area is 165 Å². The first-order valence-corrected chi connectivity index (χ1v) is 10.1. The van der Waals surface area contributed by atoms with Crippen LogP contribution in [-0.4, -0.2) is 29.2 Å². The first kappa shape index (κ1) is 19.5. The van der Waals surface area contributed by atoms with Crippen molar-refractivity contribution < 1.29 is 17.9 Å². The lowest BCUT2D eigenvalue weighted by molar-refractivity contribution is 0.256. The van der Waals surface area contributed by atoms with Crippen LogP contribution in [0.1, 0.15) is 24.6 Å². The number of anilines is 1. The van der Waals surface area contributed by atoms with Crippen molar-refractivity contribution in [1.29, 1.82) is 0 Å². The third-order valence-corrected chi connectivity index (χ3v) is 5.49. The lowest BCUT2D eigenvalue weighted by atomic mass is 10.3. The molecule has 1 aromatic heterocycles. The van der Waals surface area contributed by atoms with Gasteiger partial charge in [-0.05, 0) is 36.6 Å². The number of aryl methyl sites for hydroxylation is 1. The topological polar surface area (TPSA) is 115 Å². The molecule has 0 bridgehead atoms. The molecule has 2 amide bonds. The van der Waals surface area contributed by atoms with Gasteiger partial charge < -0.3 is 4.74 Å². The van der Waals surface area contributed by atoms with Crippen LogP contribution < -0.4 is 14.8 Å². The molecule has 12 heteroatoms. The number of para-hydroxylation sites is 1. The number of hydrogen-bond donors (Lipinski definition) is 2. The highest BCUT2D eigenvalue weighted by Gasteiger charge is 2.29. The van der Waals surface area contributed by atoms with E-state index in [2.05, 4.69) is 15.4 Å². The van der Waals surface area contributed by atoms with Crippen LogP contribution in [0.4, 0.5) is 10.7 Å². The van der Waals surface area contributed by atoms with Gasteiger partial charge in [0.05, 0.1) is 5.54 Å². The summed E-state index contributed by atoms with van der Waals surface area (Å²) in [4.78, 5) is 16.0. The largest absolute Gasteiger partial charge is 0.443 e. The standard InChI is InChI=1S/C15H15Cl2N5O4S/c1-22-13(9-6-7-9)18-14(20-22)19-15(23)21-27(24,25)11-5-3-2-4-10(11)26-12(17)8-16/h2-5,8-9H,6-7H2,1H3,(H2,19,20,21,23). The number of hydrogen-bond acceptors (Lipinski definition) is 6. The zero-order valence-electron chi connectivity index (χ0n) is 14.0. The van der Waals surface area contributed by atoms with Gasteiger partial charge in [0.15, 0.2) is 0 Å². The molecule has 2 N–H and O–H groups in total. The second-order valence-corrected chi connectivity index (χ2v) is 7.95. The monoisotopic (exact) mass is 431 g/mol. The summed E-state index contributed by atoms with van der Waals surface area (Å²) in [6.45, 7) is 0. The molecule has 0 unspecified atom stereocenters. The van der Waals surface area contributed by atoms with Crippen LogP contribution in [0.2, 0.25) is 0 Å². The Balaban J connectivity index is 1.74. The van der Waals surface area contributed by atoms with E-state index < -0.39 is 16.1 Å². The normalized spacial score (nSPS) is 14.7. The number of carbonyl (C=O) groups is 1. The van der Waals surface area contributed by atoms with Crippen molar-refractivity contribution in [2.75, 3.05) is 5.32 Å². The fourth-order valence-electron chi connectivity index (χ4n) is 2.33. The van der Waals surface area contributed by atoms with Crippen LogP contribution in [0, 0.1) is 0 Å². The zero-order valence-corrected chi connectivity index (χ0v) is 16.3. The Morgan fingerprint density at radius 3 is 2.74 bits per heavy atom. The molecular formula is C15H15Cl2N5O4S. The van der Waals surface area contributed by atoms with Gasteiger partial charge in [-0.2, -0.15) is 4.98 Å². The summed E-state index contributed by atoms with van der Waals surface area (Å²) < 4.78 is 33.6. The van der Waals surface area contributed by atoms with Crippen molar-refractivity contribution in [3.05, 3.63) is 40.8 Å². The number of carbonyl (C=O) groups excluding carboxylic acids is 1. The summed E-state index contributed by atoms with van der Waals surface area (Å²) in [5, 5.41) is 6.14. The molecule has 0 atom stereocenters. The molecule has 27 heavy (non-hydrogen) atoms. The van der Waals surface area contributed by atoms with Crippen molar-refractivity contribution in [3.8, 4) is 5.75 Å². The molecule has 0 radical (unpaired) electrons. The highest BCUT2D eigenvalue weighted by Crippen LogP contribution is 2.39. The molecule has 1 fully saturated rings. The average Bonchev–Trinajstić information content (AvgIpc) is 3.38. The first-order chi connectivity index (χ1) is 12.8. The number of amides is 2. The summed E-state index contributed by atoms with van der Waals surface area (Å²) in [5.74, 6) is 0.999. The van der Waals surface area contributed by atoms with Gasteiger partial charge in [-0.25, -0.2) is 17.9 Å². The Bertz CT molecular complexity index is 1000. The Kier molecular flexibility index (Phi) is 5.59. The van der Waals surface area contributed by atoms with E-state index in [-0.39, 0.29) is 21.8 Å². The number of nitrogens with zero attached hydrogens (tertiary/aromatic N) is 3. The maximum Gasteiger partial charge on any atom is 0.335 e. The molecule has 1 heterocycles. The highest BCUT2D eigenvalue weighted by molar-refractivity contribution is 7.90. The number of urea groups is 1.